The Hall–Kier alpha value is -1.46. The summed E-state index contributed by atoms with van der Waals surface area (Å²) in [6.07, 6.45) is 6.41. The summed E-state index contributed by atoms with van der Waals surface area (Å²) < 4.78 is 0. The van der Waals surface area contributed by atoms with Crippen molar-refractivity contribution >= 4 is 5.91 Å². The fourth-order valence-corrected chi connectivity index (χ4v) is 4.16. The minimum absolute atomic E-state index is 0.234. The molecule has 132 valence electrons. The van der Waals surface area contributed by atoms with E-state index in [0.29, 0.717) is 31.5 Å². The molecule has 0 aliphatic carbocycles. The number of aliphatic hydroxyl groups is 1. The van der Waals surface area contributed by atoms with E-state index in [2.05, 4.69) is 28.6 Å². The molecule has 1 N–H and O–H groups in total. The number of hydrogen-bond donors (Lipinski definition) is 1. The summed E-state index contributed by atoms with van der Waals surface area (Å²) in [5.74, 6) is 0.234. The number of nitrogens with zero attached hydrogens (tertiary/aromatic N) is 3. The Morgan fingerprint density at radius 1 is 1.25 bits per heavy atom. The van der Waals surface area contributed by atoms with E-state index in [1.165, 1.54) is 6.42 Å². The lowest BCUT2D eigenvalue weighted by Crippen LogP contribution is -2.53. The predicted molar refractivity (Wildman–Crippen MR) is 93.4 cm³/mol. The van der Waals surface area contributed by atoms with Gasteiger partial charge in [-0.15, -0.1) is 0 Å². The molecule has 2 saturated heterocycles. The van der Waals surface area contributed by atoms with Gasteiger partial charge in [-0.25, -0.2) is 0 Å². The number of carbonyl (C=O) groups is 1. The summed E-state index contributed by atoms with van der Waals surface area (Å²) in [7, 11) is 0. The van der Waals surface area contributed by atoms with E-state index in [9.17, 15) is 9.90 Å². The van der Waals surface area contributed by atoms with Gasteiger partial charge in [0, 0.05) is 31.4 Å². The molecule has 2 unspecified atom stereocenters. The van der Waals surface area contributed by atoms with E-state index >= 15 is 0 Å². The molecule has 2 atom stereocenters. The molecule has 24 heavy (non-hydrogen) atoms. The van der Waals surface area contributed by atoms with E-state index in [1.807, 2.05) is 18.2 Å². The zero-order valence-corrected chi connectivity index (χ0v) is 14.8. The van der Waals surface area contributed by atoms with Gasteiger partial charge < -0.3 is 10.0 Å². The first-order valence-corrected chi connectivity index (χ1v) is 9.17. The van der Waals surface area contributed by atoms with Gasteiger partial charge in [-0.1, -0.05) is 6.07 Å². The smallest absolute Gasteiger partial charge is 0.237 e. The highest BCUT2D eigenvalue weighted by atomic mass is 16.3. The molecular weight excluding hydrogens is 302 g/mol. The molecule has 5 nitrogen and oxygen atoms in total. The van der Waals surface area contributed by atoms with Crippen LogP contribution in [0.1, 0.15) is 51.6 Å². The Balaban J connectivity index is 1.56. The quantitative estimate of drug-likeness (QED) is 0.922. The third-order valence-electron chi connectivity index (χ3n) is 5.67. The van der Waals surface area contributed by atoms with Gasteiger partial charge in [0.1, 0.15) is 5.60 Å². The summed E-state index contributed by atoms with van der Waals surface area (Å²) in [6, 6.07) is 6.35. The molecule has 0 bridgehead atoms. The molecular formula is C19H29N3O2. The minimum Gasteiger partial charge on any atom is -0.383 e. The number of carbonyl (C=O) groups excluding carboxylic acids is 1. The molecule has 3 heterocycles. The summed E-state index contributed by atoms with van der Waals surface area (Å²) in [6.45, 7) is 6.24. The fraction of sp³-hybridized carbons (Fsp3) is 0.684. The Labute approximate surface area is 144 Å². The average Bonchev–Trinajstić information content (AvgIpc) is 2.58. The van der Waals surface area contributed by atoms with Crippen molar-refractivity contribution in [3.63, 3.8) is 0 Å². The van der Waals surface area contributed by atoms with Crippen molar-refractivity contribution in [3.05, 3.63) is 30.1 Å². The highest BCUT2D eigenvalue weighted by molar-refractivity contribution is 5.79. The SMILES string of the molecule is CC1CCCC(C)N1C(=O)CN1CCC(O)(c2ccccn2)CC1. The monoisotopic (exact) mass is 331 g/mol. The summed E-state index contributed by atoms with van der Waals surface area (Å²) >= 11 is 0. The van der Waals surface area contributed by atoms with Crippen LogP contribution in [0.5, 0.6) is 0 Å². The van der Waals surface area contributed by atoms with Crippen molar-refractivity contribution in [1.82, 2.24) is 14.8 Å². The average molecular weight is 331 g/mol. The number of likely N-dealkylation sites (tertiary alicyclic amines) is 2. The topological polar surface area (TPSA) is 56.7 Å². The molecule has 0 aromatic carbocycles. The molecule has 2 aliphatic rings. The summed E-state index contributed by atoms with van der Waals surface area (Å²) in [5, 5.41) is 10.8. The third-order valence-corrected chi connectivity index (χ3v) is 5.67. The molecule has 2 fully saturated rings. The third kappa shape index (κ3) is 3.62. The second-order valence-corrected chi connectivity index (χ2v) is 7.45. The Kier molecular flexibility index (Phi) is 5.21. The summed E-state index contributed by atoms with van der Waals surface area (Å²) in [5.41, 5.74) is -0.110. The largest absolute Gasteiger partial charge is 0.383 e. The van der Waals surface area contributed by atoms with Crippen LogP contribution in [-0.2, 0) is 10.4 Å². The molecule has 1 amide bonds. The van der Waals surface area contributed by atoms with Crippen LogP contribution in [0.25, 0.3) is 0 Å². The van der Waals surface area contributed by atoms with Gasteiger partial charge in [0.2, 0.25) is 5.91 Å². The number of hydrogen-bond acceptors (Lipinski definition) is 4. The second-order valence-electron chi connectivity index (χ2n) is 7.45. The van der Waals surface area contributed by atoms with Crippen molar-refractivity contribution in [2.45, 2.75) is 63.6 Å². The van der Waals surface area contributed by atoms with Gasteiger partial charge in [0.15, 0.2) is 0 Å². The van der Waals surface area contributed by atoms with Gasteiger partial charge in [0.25, 0.3) is 0 Å². The molecule has 5 heteroatoms. The van der Waals surface area contributed by atoms with Crippen molar-refractivity contribution in [2.75, 3.05) is 19.6 Å². The lowest BCUT2D eigenvalue weighted by Gasteiger charge is -2.42. The van der Waals surface area contributed by atoms with Crippen LogP contribution in [-0.4, -0.2) is 57.5 Å². The van der Waals surface area contributed by atoms with Crippen molar-refractivity contribution in [2.24, 2.45) is 0 Å². The van der Waals surface area contributed by atoms with Crippen LogP contribution < -0.4 is 0 Å². The van der Waals surface area contributed by atoms with E-state index in [0.717, 1.165) is 31.6 Å². The predicted octanol–water partition coefficient (Wildman–Crippen LogP) is 2.15. The first-order chi connectivity index (χ1) is 11.5. The maximum absolute atomic E-state index is 12.7. The number of pyridine rings is 1. The van der Waals surface area contributed by atoms with Crippen LogP contribution >= 0.6 is 0 Å². The standard InChI is InChI=1S/C19H29N3O2/c1-15-6-5-7-16(2)22(15)18(23)14-21-12-9-19(24,10-13-21)17-8-3-4-11-20-17/h3-4,8,11,15-16,24H,5-7,9-10,12-14H2,1-2H3. The minimum atomic E-state index is -0.855. The van der Waals surface area contributed by atoms with Crippen LogP contribution in [0.3, 0.4) is 0 Å². The molecule has 1 aromatic rings. The van der Waals surface area contributed by atoms with Crippen molar-refractivity contribution in [3.8, 4) is 0 Å². The van der Waals surface area contributed by atoms with Gasteiger partial charge in [0.05, 0.1) is 12.2 Å². The van der Waals surface area contributed by atoms with Crippen LogP contribution in [0.15, 0.2) is 24.4 Å². The van der Waals surface area contributed by atoms with Crippen LogP contribution in [0.2, 0.25) is 0 Å². The van der Waals surface area contributed by atoms with E-state index in [4.69, 9.17) is 0 Å². The number of aromatic nitrogens is 1. The molecule has 3 rings (SSSR count). The second kappa shape index (κ2) is 7.19. The lowest BCUT2D eigenvalue weighted by molar-refractivity contribution is -0.139. The maximum Gasteiger partial charge on any atom is 0.237 e. The van der Waals surface area contributed by atoms with Gasteiger partial charge in [-0.2, -0.15) is 0 Å². The zero-order chi connectivity index (χ0) is 17.2. The Morgan fingerprint density at radius 2 is 1.92 bits per heavy atom. The van der Waals surface area contributed by atoms with E-state index < -0.39 is 5.60 Å². The lowest BCUT2D eigenvalue weighted by atomic mass is 9.87. The van der Waals surface area contributed by atoms with Crippen molar-refractivity contribution < 1.29 is 9.90 Å². The highest BCUT2D eigenvalue weighted by Gasteiger charge is 2.36. The summed E-state index contributed by atoms with van der Waals surface area (Å²) in [4.78, 5) is 21.3. The fourth-order valence-electron chi connectivity index (χ4n) is 4.16. The van der Waals surface area contributed by atoms with E-state index in [1.54, 1.807) is 6.20 Å². The molecule has 0 saturated carbocycles. The molecule has 2 aliphatic heterocycles. The highest BCUT2D eigenvalue weighted by Crippen LogP contribution is 2.31. The molecule has 0 radical (unpaired) electrons. The first-order valence-electron chi connectivity index (χ1n) is 9.17. The van der Waals surface area contributed by atoms with Crippen LogP contribution in [0, 0.1) is 0 Å². The van der Waals surface area contributed by atoms with Gasteiger partial charge >= 0.3 is 0 Å². The normalized spacial score (nSPS) is 27.9. The van der Waals surface area contributed by atoms with Crippen LogP contribution in [0.4, 0.5) is 0 Å². The maximum atomic E-state index is 12.7. The van der Waals surface area contributed by atoms with Gasteiger partial charge in [-0.05, 0) is 58.1 Å². The van der Waals surface area contributed by atoms with Gasteiger partial charge in [-0.3, -0.25) is 14.7 Å². The number of piperidine rings is 2. The molecule has 1 aromatic heterocycles. The zero-order valence-electron chi connectivity index (χ0n) is 14.8. The Morgan fingerprint density at radius 3 is 2.50 bits per heavy atom. The molecule has 0 spiro atoms. The number of rotatable bonds is 3. The van der Waals surface area contributed by atoms with Crippen molar-refractivity contribution in [1.29, 1.82) is 0 Å². The Bertz CT molecular complexity index is 545. The first kappa shape index (κ1) is 17.4. The van der Waals surface area contributed by atoms with E-state index in [-0.39, 0.29) is 5.91 Å². The number of amides is 1.